The van der Waals surface area contributed by atoms with Crippen LogP contribution in [0, 0.1) is 0 Å². The van der Waals surface area contributed by atoms with Gasteiger partial charge in [0.1, 0.15) is 5.82 Å². The Morgan fingerprint density at radius 1 is 1.38 bits per heavy atom. The first kappa shape index (κ1) is 7.37. The first-order valence-corrected chi connectivity index (χ1v) is 6.12. The molecule has 0 atom stereocenters. The normalized spacial score (nSPS) is 14.2. The first-order valence-electron chi connectivity index (χ1n) is 3.91. The number of pyridine rings is 1. The Morgan fingerprint density at radius 2 is 2.38 bits per heavy atom. The number of aromatic amines is 1. The monoisotopic (exact) mass is 283 g/mol. The van der Waals surface area contributed by atoms with Crippen LogP contribution >= 0.6 is 21.0 Å². The average molecular weight is 283 g/mol. The van der Waals surface area contributed by atoms with Gasteiger partial charge < -0.3 is 4.98 Å². The van der Waals surface area contributed by atoms with Crippen LogP contribution in [-0.2, 0) is 0 Å². The largest absolute Gasteiger partial charge is 0.339 e. The van der Waals surface area contributed by atoms with Crippen molar-refractivity contribution < 1.29 is 0 Å². The molecular weight excluding hydrogens is 277 g/mol. The summed E-state index contributed by atoms with van der Waals surface area (Å²) in [6.07, 6.45) is 5.83. The summed E-state index contributed by atoms with van der Waals surface area (Å²) in [5.41, 5.74) is 2.31. The van der Waals surface area contributed by atoms with Crippen LogP contribution in [0.15, 0.2) is 25.7 Å². The molecule has 3 rings (SSSR count). The zero-order valence-corrected chi connectivity index (χ0v) is 8.82. The molecule has 3 heterocycles. The Balaban J connectivity index is 2.49. The van der Waals surface area contributed by atoms with Crippen molar-refractivity contribution in [2.75, 3.05) is 0 Å². The van der Waals surface area contributed by atoms with Gasteiger partial charge in [-0.2, -0.15) is 0 Å². The third-order valence-electron chi connectivity index (χ3n) is 2.04. The van der Waals surface area contributed by atoms with Gasteiger partial charge in [0.05, 0.1) is 5.52 Å². The highest BCUT2D eigenvalue weighted by Crippen LogP contribution is 2.34. The number of hydrogen-bond donors (Lipinski definition) is 1. The van der Waals surface area contributed by atoms with E-state index < -0.39 is 0 Å². The standard InChI is InChI=1S/C9H6IN3/c1-3-10-13-9-6(1)7-5-11-4-2-8(7)12-9/h1-5H,(H,12,13). The van der Waals surface area contributed by atoms with Crippen LogP contribution in [-0.4, -0.2) is 9.97 Å². The topological polar surface area (TPSA) is 41.0 Å². The molecule has 0 unspecified atom stereocenters. The van der Waals surface area contributed by atoms with E-state index in [-0.39, 0.29) is 21.0 Å². The van der Waals surface area contributed by atoms with E-state index in [1.165, 1.54) is 10.9 Å². The smallest absolute Gasteiger partial charge is 0.144 e. The van der Waals surface area contributed by atoms with Crippen LogP contribution in [0.2, 0.25) is 0 Å². The van der Waals surface area contributed by atoms with Gasteiger partial charge in [-0.3, -0.25) is 4.98 Å². The zero-order valence-electron chi connectivity index (χ0n) is 6.66. The fraction of sp³-hybridized carbons (Fsp3) is 0. The van der Waals surface area contributed by atoms with E-state index in [1.54, 1.807) is 6.20 Å². The summed E-state index contributed by atoms with van der Waals surface area (Å²) in [6, 6.07) is 1.98. The van der Waals surface area contributed by atoms with Gasteiger partial charge in [-0.25, -0.2) is 3.15 Å². The molecule has 0 spiro atoms. The average Bonchev–Trinajstić information content (AvgIpc) is 2.56. The van der Waals surface area contributed by atoms with E-state index in [4.69, 9.17) is 0 Å². The van der Waals surface area contributed by atoms with Gasteiger partial charge in [0, 0.05) is 44.4 Å². The van der Waals surface area contributed by atoms with Crippen LogP contribution in [0.3, 0.4) is 0 Å². The van der Waals surface area contributed by atoms with E-state index >= 15 is 0 Å². The van der Waals surface area contributed by atoms with Gasteiger partial charge in [0.2, 0.25) is 0 Å². The van der Waals surface area contributed by atoms with E-state index in [9.17, 15) is 0 Å². The molecule has 0 bridgehead atoms. The van der Waals surface area contributed by atoms with Crippen molar-refractivity contribution in [3.05, 3.63) is 28.1 Å². The minimum Gasteiger partial charge on any atom is -0.339 e. The predicted molar refractivity (Wildman–Crippen MR) is 61.2 cm³/mol. The van der Waals surface area contributed by atoms with Gasteiger partial charge in [-0.15, -0.1) is 0 Å². The summed E-state index contributed by atoms with van der Waals surface area (Å²) in [6.45, 7) is 0. The molecule has 1 N–H and O–H groups in total. The maximum atomic E-state index is 4.47. The second kappa shape index (κ2) is 2.73. The fourth-order valence-electron chi connectivity index (χ4n) is 1.44. The summed E-state index contributed by atoms with van der Waals surface area (Å²) in [5.74, 6) is 1.03. The molecule has 1 aliphatic heterocycles. The van der Waals surface area contributed by atoms with Crippen molar-refractivity contribution in [1.82, 2.24) is 9.97 Å². The number of halogens is 1. The summed E-state index contributed by atoms with van der Waals surface area (Å²) in [4.78, 5) is 7.39. The molecule has 1 aliphatic rings. The summed E-state index contributed by atoms with van der Waals surface area (Å²) >= 11 is -0.119. The van der Waals surface area contributed by atoms with Gasteiger partial charge in [0.25, 0.3) is 0 Å². The SMILES string of the molecule is C1=Cc2c([nH]c3ccncc23)N=I1. The molecule has 64 valence electrons. The highest BCUT2D eigenvalue weighted by Gasteiger charge is 2.09. The lowest BCUT2D eigenvalue weighted by Gasteiger charge is -1.94. The molecule has 0 amide bonds. The predicted octanol–water partition coefficient (Wildman–Crippen LogP) is 3.33. The molecule has 0 aliphatic carbocycles. The Morgan fingerprint density at radius 3 is 3.38 bits per heavy atom. The number of fused-ring (bicyclic) bond motifs is 3. The first-order chi connectivity index (χ1) is 6.45. The molecule has 0 radical (unpaired) electrons. The van der Waals surface area contributed by atoms with Crippen molar-refractivity contribution in [1.29, 1.82) is 0 Å². The summed E-state index contributed by atoms with van der Waals surface area (Å²) in [7, 11) is 0. The van der Waals surface area contributed by atoms with Crippen molar-refractivity contribution in [3.63, 3.8) is 0 Å². The Labute approximate surface area is 85.0 Å². The third-order valence-corrected chi connectivity index (χ3v) is 3.48. The van der Waals surface area contributed by atoms with Gasteiger partial charge >= 0.3 is 0 Å². The molecule has 0 saturated carbocycles. The summed E-state index contributed by atoms with van der Waals surface area (Å²) < 4.78 is 6.64. The van der Waals surface area contributed by atoms with Crippen LogP contribution in [0.25, 0.3) is 17.0 Å². The minimum absolute atomic E-state index is 0.119. The number of aromatic nitrogens is 2. The van der Waals surface area contributed by atoms with Gasteiger partial charge in [-0.1, -0.05) is 0 Å². The molecule has 3 nitrogen and oxygen atoms in total. The Bertz CT molecular complexity index is 525. The zero-order chi connectivity index (χ0) is 8.67. The number of rotatable bonds is 0. The maximum Gasteiger partial charge on any atom is 0.144 e. The molecule has 2 aromatic rings. The molecular formula is C9H6IN3. The quantitative estimate of drug-likeness (QED) is 0.740. The minimum atomic E-state index is -0.119. The second-order valence-corrected chi connectivity index (χ2v) is 4.54. The number of nitrogens with one attached hydrogen (secondary N) is 1. The molecule has 13 heavy (non-hydrogen) atoms. The maximum absolute atomic E-state index is 4.47. The molecule has 2 aromatic heterocycles. The lowest BCUT2D eigenvalue weighted by atomic mass is 10.2. The second-order valence-electron chi connectivity index (χ2n) is 2.78. The van der Waals surface area contributed by atoms with E-state index in [0.717, 1.165) is 11.3 Å². The van der Waals surface area contributed by atoms with Gasteiger partial charge in [0.15, 0.2) is 0 Å². The third kappa shape index (κ3) is 1.05. The fourth-order valence-corrected chi connectivity index (χ4v) is 2.78. The van der Waals surface area contributed by atoms with Gasteiger partial charge in [-0.05, 0) is 16.2 Å². The van der Waals surface area contributed by atoms with E-state index in [0.29, 0.717) is 0 Å². The van der Waals surface area contributed by atoms with E-state index in [2.05, 4.69) is 23.3 Å². The van der Waals surface area contributed by atoms with Crippen molar-refractivity contribution in [2.24, 2.45) is 3.15 Å². The van der Waals surface area contributed by atoms with Crippen LogP contribution in [0.5, 0.6) is 0 Å². The Hall–Kier alpha value is -1.04. The van der Waals surface area contributed by atoms with Crippen molar-refractivity contribution >= 4 is 43.8 Å². The number of nitrogens with zero attached hydrogens (tertiary/aromatic N) is 2. The lowest BCUT2D eigenvalue weighted by Crippen LogP contribution is -1.72. The summed E-state index contributed by atoms with van der Waals surface area (Å²) in [5, 5.41) is 1.17. The molecule has 0 fully saturated rings. The number of hydrogen-bond acceptors (Lipinski definition) is 2. The van der Waals surface area contributed by atoms with Crippen LogP contribution < -0.4 is 0 Å². The van der Waals surface area contributed by atoms with Crippen molar-refractivity contribution in [2.45, 2.75) is 0 Å². The highest BCUT2D eigenvalue weighted by atomic mass is 127. The van der Waals surface area contributed by atoms with Crippen LogP contribution in [0.1, 0.15) is 5.56 Å². The molecule has 0 aromatic carbocycles. The van der Waals surface area contributed by atoms with Crippen molar-refractivity contribution in [3.8, 4) is 0 Å². The van der Waals surface area contributed by atoms with Crippen LogP contribution in [0.4, 0.5) is 5.82 Å². The molecule has 0 saturated heterocycles. The lowest BCUT2D eigenvalue weighted by molar-refractivity contribution is 1.35. The number of H-pyrrole nitrogens is 1. The Kier molecular flexibility index (Phi) is 1.55. The highest BCUT2D eigenvalue weighted by molar-refractivity contribution is 14.2. The molecule has 4 heteroatoms. The van der Waals surface area contributed by atoms with E-state index in [1.807, 2.05) is 12.3 Å².